The van der Waals surface area contributed by atoms with E-state index in [2.05, 4.69) is 52.7 Å². The summed E-state index contributed by atoms with van der Waals surface area (Å²) in [4.78, 5) is 2.44. The lowest BCUT2D eigenvalue weighted by Gasteiger charge is -2.29. The Balaban J connectivity index is 1.75. The molecule has 1 atom stereocenters. The molecule has 0 radical (unpaired) electrons. The summed E-state index contributed by atoms with van der Waals surface area (Å²) in [6.07, 6.45) is 0. The second kappa shape index (κ2) is 5.70. The van der Waals surface area contributed by atoms with E-state index in [1.807, 2.05) is 0 Å². The Morgan fingerprint density at radius 3 is 2.58 bits per heavy atom. The number of hydrogen-bond acceptors (Lipinski definition) is 3. The van der Waals surface area contributed by atoms with Gasteiger partial charge in [0.1, 0.15) is 0 Å². The van der Waals surface area contributed by atoms with Crippen LogP contribution in [0.4, 0.5) is 0 Å². The lowest BCUT2D eigenvalue weighted by atomic mass is 10.0. The van der Waals surface area contributed by atoms with Crippen LogP contribution in [-0.2, 0) is 0 Å². The van der Waals surface area contributed by atoms with Crippen LogP contribution in [0.5, 0.6) is 0 Å². The molecule has 0 aliphatic carbocycles. The average molecular weight is 255 g/mol. The van der Waals surface area contributed by atoms with E-state index in [1.165, 1.54) is 16.3 Å². The molecule has 1 aliphatic rings. The zero-order valence-electron chi connectivity index (χ0n) is 11.2. The van der Waals surface area contributed by atoms with Crippen LogP contribution in [0.15, 0.2) is 42.5 Å². The largest absolute Gasteiger partial charge is 0.323 e. The Bertz CT molecular complexity index is 546. The van der Waals surface area contributed by atoms with Gasteiger partial charge in [-0.2, -0.15) is 0 Å². The molecular weight excluding hydrogens is 234 g/mol. The summed E-state index contributed by atoms with van der Waals surface area (Å²) in [5, 5.41) is 5.92. The van der Waals surface area contributed by atoms with Gasteiger partial charge in [0.05, 0.1) is 0 Å². The van der Waals surface area contributed by atoms with Crippen molar-refractivity contribution in [2.24, 2.45) is 5.73 Å². The molecule has 1 aliphatic heterocycles. The second-order valence-corrected chi connectivity index (χ2v) is 5.26. The van der Waals surface area contributed by atoms with Gasteiger partial charge in [0.2, 0.25) is 0 Å². The molecule has 2 aromatic carbocycles. The molecule has 3 rings (SSSR count). The fraction of sp³-hybridized carbons (Fsp3) is 0.375. The summed E-state index contributed by atoms with van der Waals surface area (Å²) in [6.45, 7) is 5.29. The zero-order chi connectivity index (χ0) is 13.1. The molecule has 1 unspecified atom stereocenters. The van der Waals surface area contributed by atoms with Crippen molar-refractivity contribution in [2.75, 3.05) is 32.7 Å². The van der Waals surface area contributed by atoms with Crippen molar-refractivity contribution >= 4 is 10.8 Å². The maximum absolute atomic E-state index is 6.35. The lowest BCUT2D eigenvalue weighted by molar-refractivity contribution is 0.228. The van der Waals surface area contributed by atoms with Crippen LogP contribution in [-0.4, -0.2) is 37.6 Å². The van der Waals surface area contributed by atoms with Crippen LogP contribution >= 0.6 is 0 Å². The van der Waals surface area contributed by atoms with Crippen LogP contribution in [0.25, 0.3) is 10.8 Å². The maximum atomic E-state index is 6.35. The minimum Gasteiger partial charge on any atom is -0.323 e. The van der Waals surface area contributed by atoms with Crippen LogP contribution in [0.2, 0.25) is 0 Å². The van der Waals surface area contributed by atoms with Crippen molar-refractivity contribution in [1.29, 1.82) is 0 Å². The Morgan fingerprint density at radius 1 is 1.05 bits per heavy atom. The highest BCUT2D eigenvalue weighted by atomic mass is 15.2. The zero-order valence-corrected chi connectivity index (χ0v) is 11.2. The normalized spacial score (nSPS) is 18.6. The maximum Gasteiger partial charge on any atom is 0.0424 e. The van der Waals surface area contributed by atoms with Crippen molar-refractivity contribution in [3.05, 3.63) is 48.0 Å². The monoisotopic (exact) mass is 255 g/mol. The van der Waals surface area contributed by atoms with Crippen molar-refractivity contribution in [3.8, 4) is 0 Å². The Labute approximate surface area is 114 Å². The van der Waals surface area contributed by atoms with Crippen molar-refractivity contribution in [3.63, 3.8) is 0 Å². The van der Waals surface area contributed by atoms with Gasteiger partial charge in [-0.15, -0.1) is 0 Å². The molecular formula is C16H21N3. The van der Waals surface area contributed by atoms with Crippen molar-refractivity contribution in [1.82, 2.24) is 10.2 Å². The third kappa shape index (κ3) is 2.95. The topological polar surface area (TPSA) is 41.3 Å². The van der Waals surface area contributed by atoms with Gasteiger partial charge in [-0.05, 0) is 22.4 Å². The number of rotatable bonds is 3. The molecule has 3 nitrogen and oxygen atoms in total. The quantitative estimate of drug-likeness (QED) is 0.878. The summed E-state index contributed by atoms with van der Waals surface area (Å²) < 4.78 is 0. The second-order valence-electron chi connectivity index (χ2n) is 5.26. The third-order valence-electron chi connectivity index (χ3n) is 3.87. The lowest BCUT2D eigenvalue weighted by Crippen LogP contribution is -2.45. The highest BCUT2D eigenvalue weighted by Crippen LogP contribution is 2.20. The number of piperazine rings is 1. The first-order chi connectivity index (χ1) is 9.33. The fourth-order valence-electron chi connectivity index (χ4n) is 2.72. The van der Waals surface area contributed by atoms with Gasteiger partial charge in [-0.1, -0.05) is 36.4 Å². The van der Waals surface area contributed by atoms with E-state index in [9.17, 15) is 0 Å². The van der Waals surface area contributed by atoms with Crippen molar-refractivity contribution < 1.29 is 0 Å². The summed E-state index contributed by atoms with van der Waals surface area (Å²) in [5.41, 5.74) is 7.59. The van der Waals surface area contributed by atoms with Gasteiger partial charge in [0.25, 0.3) is 0 Å². The van der Waals surface area contributed by atoms with E-state index < -0.39 is 0 Å². The smallest absolute Gasteiger partial charge is 0.0424 e. The number of nitrogens with two attached hydrogens (primary N) is 1. The van der Waals surface area contributed by atoms with Gasteiger partial charge in [-0.25, -0.2) is 0 Å². The first-order valence-electron chi connectivity index (χ1n) is 7.00. The number of nitrogens with zero attached hydrogens (tertiary/aromatic N) is 1. The van der Waals surface area contributed by atoms with Crippen LogP contribution in [0.3, 0.4) is 0 Å². The summed E-state index contributed by atoms with van der Waals surface area (Å²) >= 11 is 0. The molecule has 0 amide bonds. The number of benzene rings is 2. The van der Waals surface area contributed by atoms with Crippen LogP contribution < -0.4 is 11.1 Å². The summed E-state index contributed by atoms with van der Waals surface area (Å²) in [6, 6.07) is 15.1. The van der Waals surface area contributed by atoms with Crippen LogP contribution in [0, 0.1) is 0 Å². The SMILES string of the molecule is NC(CN1CCNCC1)c1ccc2ccccc2c1. The minimum atomic E-state index is 0.0997. The highest BCUT2D eigenvalue weighted by Gasteiger charge is 2.14. The van der Waals surface area contributed by atoms with Gasteiger partial charge >= 0.3 is 0 Å². The molecule has 0 saturated carbocycles. The molecule has 100 valence electrons. The average Bonchev–Trinajstić information content (AvgIpc) is 2.48. The third-order valence-corrected chi connectivity index (χ3v) is 3.87. The van der Waals surface area contributed by atoms with Gasteiger partial charge in [-0.3, -0.25) is 4.90 Å². The van der Waals surface area contributed by atoms with E-state index in [-0.39, 0.29) is 6.04 Å². The van der Waals surface area contributed by atoms with Gasteiger partial charge in [0.15, 0.2) is 0 Å². The van der Waals surface area contributed by atoms with Crippen molar-refractivity contribution in [2.45, 2.75) is 6.04 Å². The predicted octanol–water partition coefficient (Wildman–Crippen LogP) is 1.74. The van der Waals surface area contributed by atoms with Gasteiger partial charge in [0, 0.05) is 38.8 Å². The Kier molecular flexibility index (Phi) is 3.78. The molecule has 1 heterocycles. The molecule has 0 spiro atoms. The molecule has 1 saturated heterocycles. The molecule has 0 aromatic heterocycles. The molecule has 3 heteroatoms. The van der Waals surface area contributed by atoms with Crippen LogP contribution in [0.1, 0.15) is 11.6 Å². The number of hydrogen-bond donors (Lipinski definition) is 2. The fourth-order valence-corrected chi connectivity index (χ4v) is 2.72. The number of fused-ring (bicyclic) bond motifs is 1. The first-order valence-corrected chi connectivity index (χ1v) is 7.00. The highest BCUT2D eigenvalue weighted by molar-refractivity contribution is 5.83. The molecule has 0 bridgehead atoms. The molecule has 1 fully saturated rings. The van der Waals surface area contributed by atoms with Gasteiger partial charge < -0.3 is 11.1 Å². The minimum absolute atomic E-state index is 0.0997. The first kappa shape index (κ1) is 12.6. The van der Waals surface area contributed by atoms with E-state index in [0.29, 0.717) is 0 Å². The predicted molar refractivity (Wildman–Crippen MR) is 80.2 cm³/mol. The summed E-state index contributed by atoms with van der Waals surface area (Å²) in [7, 11) is 0. The van der Waals surface area contributed by atoms with E-state index >= 15 is 0 Å². The Morgan fingerprint density at radius 2 is 1.79 bits per heavy atom. The molecule has 3 N–H and O–H groups in total. The van der Waals surface area contributed by atoms with E-state index in [1.54, 1.807) is 0 Å². The Hall–Kier alpha value is -1.42. The molecule has 2 aromatic rings. The molecule has 19 heavy (non-hydrogen) atoms. The van der Waals surface area contributed by atoms with E-state index in [0.717, 1.165) is 32.7 Å². The summed E-state index contributed by atoms with van der Waals surface area (Å²) in [5.74, 6) is 0. The van der Waals surface area contributed by atoms with E-state index in [4.69, 9.17) is 5.73 Å². The standard InChI is InChI=1S/C16H21N3/c17-16(12-19-9-7-18-8-10-19)15-6-5-13-3-1-2-4-14(13)11-15/h1-6,11,16,18H,7-10,12,17H2. The number of nitrogens with one attached hydrogen (secondary N) is 1.